The zero-order chi connectivity index (χ0) is 15.8. The molecule has 0 aliphatic heterocycles. The van der Waals surface area contributed by atoms with Crippen molar-refractivity contribution in [2.24, 2.45) is 0 Å². The molecule has 116 valence electrons. The van der Waals surface area contributed by atoms with Crippen molar-refractivity contribution in [3.63, 3.8) is 0 Å². The van der Waals surface area contributed by atoms with Crippen molar-refractivity contribution in [2.45, 2.75) is 32.7 Å². The molecule has 0 aliphatic rings. The number of anilines is 1. The minimum Gasteiger partial charge on any atom is -0.496 e. The fourth-order valence-electron chi connectivity index (χ4n) is 1.92. The van der Waals surface area contributed by atoms with Crippen LogP contribution in [0.1, 0.15) is 37.0 Å². The van der Waals surface area contributed by atoms with E-state index >= 15 is 0 Å². The Morgan fingerprint density at radius 1 is 1.38 bits per heavy atom. The molecule has 1 aromatic rings. The Balaban J connectivity index is 2.58. The minimum atomic E-state index is -0.641. The van der Waals surface area contributed by atoms with Crippen molar-refractivity contribution in [1.82, 2.24) is 5.32 Å². The summed E-state index contributed by atoms with van der Waals surface area (Å²) in [5.41, 5.74) is 6.25. The normalized spacial score (nSPS) is 11.6. The highest BCUT2D eigenvalue weighted by molar-refractivity contribution is 5.95. The van der Waals surface area contributed by atoms with E-state index < -0.39 is 5.97 Å². The Morgan fingerprint density at radius 2 is 2.10 bits per heavy atom. The Morgan fingerprint density at radius 3 is 2.71 bits per heavy atom. The molecule has 0 saturated heterocycles. The largest absolute Gasteiger partial charge is 0.496 e. The SMILES string of the molecule is CCCC(C)NC(=O)COC(=O)c1cc(N)ccc1OC. The van der Waals surface area contributed by atoms with Crippen LogP contribution in [0.3, 0.4) is 0 Å². The lowest BCUT2D eigenvalue weighted by Crippen LogP contribution is -2.35. The number of amides is 1. The molecule has 1 atom stereocenters. The van der Waals surface area contributed by atoms with Gasteiger partial charge in [-0.05, 0) is 31.5 Å². The molecule has 1 rings (SSSR count). The van der Waals surface area contributed by atoms with Crippen LogP contribution in [0.15, 0.2) is 18.2 Å². The number of esters is 1. The second-order valence-corrected chi connectivity index (χ2v) is 4.79. The molecule has 0 spiro atoms. The predicted octanol–water partition coefficient (Wildman–Crippen LogP) is 1.74. The van der Waals surface area contributed by atoms with E-state index in [0.29, 0.717) is 11.4 Å². The Kier molecular flexibility index (Phi) is 6.52. The van der Waals surface area contributed by atoms with Crippen LogP contribution in [0.4, 0.5) is 5.69 Å². The average molecular weight is 294 g/mol. The monoisotopic (exact) mass is 294 g/mol. The number of ether oxygens (including phenoxy) is 2. The standard InChI is InChI=1S/C15H22N2O4/c1-4-5-10(2)17-14(18)9-21-15(19)12-8-11(16)6-7-13(12)20-3/h6-8,10H,4-5,9,16H2,1-3H3,(H,17,18). The fraction of sp³-hybridized carbons (Fsp3) is 0.467. The third-order valence-corrected chi connectivity index (χ3v) is 2.91. The maximum atomic E-state index is 12.0. The van der Waals surface area contributed by atoms with Crippen LogP contribution < -0.4 is 15.8 Å². The third kappa shape index (κ3) is 5.33. The van der Waals surface area contributed by atoms with Crippen LogP contribution in [0.5, 0.6) is 5.75 Å². The van der Waals surface area contributed by atoms with Gasteiger partial charge in [0.2, 0.25) is 0 Å². The summed E-state index contributed by atoms with van der Waals surface area (Å²) in [4.78, 5) is 23.6. The highest BCUT2D eigenvalue weighted by atomic mass is 16.5. The highest BCUT2D eigenvalue weighted by Crippen LogP contribution is 2.21. The number of nitrogens with one attached hydrogen (secondary N) is 1. The molecule has 0 aliphatic carbocycles. The van der Waals surface area contributed by atoms with Crippen LogP contribution in [0, 0.1) is 0 Å². The maximum absolute atomic E-state index is 12.0. The van der Waals surface area contributed by atoms with Gasteiger partial charge in [-0.2, -0.15) is 0 Å². The first-order chi connectivity index (χ1) is 9.97. The lowest BCUT2D eigenvalue weighted by molar-refractivity contribution is -0.124. The van der Waals surface area contributed by atoms with E-state index in [2.05, 4.69) is 5.32 Å². The van der Waals surface area contributed by atoms with Crippen LogP contribution in [0.2, 0.25) is 0 Å². The molecule has 6 nitrogen and oxygen atoms in total. The average Bonchev–Trinajstić information content (AvgIpc) is 2.44. The van der Waals surface area contributed by atoms with E-state index in [0.717, 1.165) is 12.8 Å². The van der Waals surface area contributed by atoms with Gasteiger partial charge in [0.1, 0.15) is 11.3 Å². The molecule has 1 unspecified atom stereocenters. The van der Waals surface area contributed by atoms with Gasteiger partial charge >= 0.3 is 5.97 Å². The molecule has 3 N–H and O–H groups in total. The summed E-state index contributed by atoms with van der Waals surface area (Å²) in [5, 5.41) is 2.76. The van der Waals surface area contributed by atoms with E-state index in [9.17, 15) is 9.59 Å². The summed E-state index contributed by atoms with van der Waals surface area (Å²) in [6, 6.07) is 4.71. The topological polar surface area (TPSA) is 90.7 Å². The predicted molar refractivity (Wildman–Crippen MR) is 80.2 cm³/mol. The lowest BCUT2D eigenvalue weighted by Gasteiger charge is -2.13. The number of benzene rings is 1. The summed E-state index contributed by atoms with van der Waals surface area (Å²) in [6.45, 7) is 3.61. The zero-order valence-corrected chi connectivity index (χ0v) is 12.6. The van der Waals surface area contributed by atoms with E-state index in [1.807, 2.05) is 13.8 Å². The molecule has 1 amide bonds. The number of nitrogens with two attached hydrogens (primary N) is 1. The maximum Gasteiger partial charge on any atom is 0.342 e. The molecule has 0 fully saturated rings. The van der Waals surface area contributed by atoms with Gasteiger partial charge in [0, 0.05) is 11.7 Å². The van der Waals surface area contributed by atoms with Crippen LogP contribution >= 0.6 is 0 Å². The second kappa shape index (κ2) is 8.14. The third-order valence-electron chi connectivity index (χ3n) is 2.91. The van der Waals surface area contributed by atoms with Gasteiger partial charge in [0.15, 0.2) is 6.61 Å². The van der Waals surface area contributed by atoms with Crippen LogP contribution in [-0.4, -0.2) is 31.6 Å². The molecule has 21 heavy (non-hydrogen) atoms. The first-order valence-electron chi connectivity index (χ1n) is 6.88. The summed E-state index contributed by atoms with van der Waals surface area (Å²) < 4.78 is 10.0. The van der Waals surface area contributed by atoms with E-state index in [1.54, 1.807) is 12.1 Å². The number of hydrogen-bond acceptors (Lipinski definition) is 5. The van der Waals surface area contributed by atoms with Crippen molar-refractivity contribution < 1.29 is 19.1 Å². The Hall–Kier alpha value is -2.24. The number of carbonyl (C=O) groups is 2. The highest BCUT2D eigenvalue weighted by Gasteiger charge is 2.16. The first kappa shape index (κ1) is 16.8. The van der Waals surface area contributed by atoms with Gasteiger partial charge in [-0.15, -0.1) is 0 Å². The molecule has 0 heterocycles. The quantitative estimate of drug-likeness (QED) is 0.590. The number of rotatable bonds is 7. The summed E-state index contributed by atoms with van der Waals surface area (Å²) in [6.07, 6.45) is 1.85. The number of methoxy groups -OCH3 is 1. The van der Waals surface area contributed by atoms with E-state index in [1.165, 1.54) is 13.2 Å². The molecule has 0 aromatic heterocycles. The van der Waals surface area contributed by atoms with Gasteiger partial charge in [-0.1, -0.05) is 13.3 Å². The zero-order valence-electron chi connectivity index (χ0n) is 12.6. The van der Waals surface area contributed by atoms with Crippen molar-refractivity contribution in [3.8, 4) is 5.75 Å². The van der Waals surface area contributed by atoms with Crippen molar-refractivity contribution >= 4 is 17.6 Å². The Bertz CT molecular complexity index is 502. The van der Waals surface area contributed by atoms with E-state index in [4.69, 9.17) is 15.2 Å². The van der Waals surface area contributed by atoms with Gasteiger partial charge in [0.25, 0.3) is 5.91 Å². The van der Waals surface area contributed by atoms with Gasteiger partial charge in [-0.3, -0.25) is 4.79 Å². The molecule has 0 saturated carbocycles. The molecule has 1 aromatic carbocycles. The second-order valence-electron chi connectivity index (χ2n) is 4.79. The summed E-state index contributed by atoms with van der Waals surface area (Å²) >= 11 is 0. The molecule has 6 heteroatoms. The lowest BCUT2D eigenvalue weighted by atomic mass is 10.2. The first-order valence-corrected chi connectivity index (χ1v) is 6.88. The number of nitrogen functional groups attached to an aromatic ring is 1. The fourth-order valence-corrected chi connectivity index (χ4v) is 1.92. The molecular weight excluding hydrogens is 272 g/mol. The van der Waals surface area contributed by atoms with E-state index in [-0.39, 0.29) is 24.1 Å². The van der Waals surface area contributed by atoms with Crippen molar-refractivity contribution in [3.05, 3.63) is 23.8 Å². The molecule has 0 bridgehead atoms. The van der Waals surface area contributed by atoms with Crippen LogP contribution in [-0.2, 0) is 9.53 Å². The number of hydrogen-bond donors (Lipinski definition) is 2. The van der Waals surface area contributed by atoms with Crippen molar-refractivity contribution in [1.29, 1.82) is 0 Å². The van der Waals surface area contributed by atoms with Crippen LogP contribution in [0.25, 0.3) is 0 Å². The summed E-state index contributed by atoms with van der Waals surface area (Å²) in [5.74, 6) is -0.612. The molecule has 0 radical (unpaired) electrons. The summed E-state index contributed by atoms with van der Waals surface area (Å²) in [7, 11) is 1.45. The van der Waals surface area contributed by atoms with Crippen molar-refractivity contribution in [2.75, 3.05) is 19.5 Å². The van der Waals surface area contributed by atoms with Gasteiger partial charge < -0.3 is 20.5 Å². The minimum absolute atomic E-state index is 0.0584. The Labute approximate surface area is 124 Å². The number of carbonyl (C=O) groups excluding carboxylic acids is 2. The molecular formula is C15H22N2O4. The smallest absolute Gasteiger partial charge is 0.342 e. The van der Waals surface area contributed by atoms with Gasteiger partial charge in [-0.25, -0.2) is 4.79 Å². The van der Waals surface area contributed by atoms with Gasteiger partial charge in [0.05, 0.1) is 7.11 Å².